The van der Waals surface area contributed by atoms with E-state index in [9.17, 15) is 13.5 Å². The van der Waals surface area contributed by atoms with E-state index in [2.05, 4.69) is 20.7 Å². The van der Waals surface area contributed by atoms with Crippen LogP contribution in [0.25, 0.3) is 0 Å². The molecular formula is C14H14BrNO3S. The summed E-state index contributed by atoms with van der Waals surface area (Å²) in [4.78, 5) is 0.148. The van der Waals surface area contributed by atoms with Crippen molar-refractivity contribution < 1.29 is 13.5 Å². The van der Waals surface area contributed by atoms with Gasteiger partial charge in [-0.15, -0.1) is 0 Å². The number of aliphatic hydroxyl groups is 1. The zero-order chi connectivity index (χ0) is 14.6. The minimum atomic E-state index is -3.71. The lowest BCUT2D eigenvalue weighted by Gasteiger charge is -2.17. The van der Waals surface area contributed by atoms with E-state index in [0.29, 0.717) is 10.0 Å². The quantitative estimate of drug-likeness (QED) is 0.865. The van der Waals surface area contributed by atoms with Gasteiger partial charge in [0.15, 0.2) is 0 Å². The Labute approximate surface area is 126 Å². The summed E-state index contributed by atoms with van der Waals surface area (Å²) < 4.78 is 27.7. The van der Waals surface area contributed by atoms with Gasteiger partial charge in [0.2, 0.25) is 10.0 Å². The zero-order valence-corrected chi connectivity index (χ0v) is 12.9. The molecule has 1 unspecified atom stereocenters. The molecular weight excluding hydrogens is 342 g/mol. The molecule has 0 aliphatic rings. The van der Waals surface area contributed by atoms with Crippen molar-refractivity contribution in [2.75, 3.05) is 6.61 Å². The van der Waals surface area contributed by atoms with Gasteiger partial charge in [-0.25, -0.2) is 13.1 Å². The van der Waals surface area contributed by atoms with E-state index in [1.54, 1.807) is 42.5 Å². The zero-order valence-electron chi connectivity index (χ0n) is 10.5. The maximum atomic E-state index is 12.3. The summed E-state index contributed by atoms with van der Waals surface area (Å²) in [5.74, 6) is 0. The molecule has 0 aliphatic carbocycles. The normalized spacial score (nSPS) is 13.1. The molecule has 2 aromatic carbocycles. The van der Waals surface area contributed by atoms with E-state index < -0.39 is 16.1 Å². The lowest BCUT2D eigenvalue weighted by atomic mass is 10.1. The minimum absolute atomic E-state index is 0.148. The molecule has 0 aliphatic heterocycles. The molecule has 2 rings (SSSR count). The summed E-state index contributed by atoms with van der Waals surface area (Å²) in [5, 5.41) is 9.42. The Balaban J connectivity index is 2.30. The summed E-state index contributed by atoms with van der Waals surface area (Å²) in [6.45, 7) is -0.312. The third-order valence-corrected chi connectivity index (χ3v) is 5.29. The van der Waals surface area contributed by atoms with Crippen LogP contribution in [0.4, 0.5) is 0 Å². The number of nitrogens with one attached hydrogen (secondary N) is 1. The molecule has 0 fully saturated rings. The molecule has 0 heterocycles. The first kappa shape index (κ1) is 15.2. The van der Waals surface area contributed by atoms with Crippen LogP contribution in [0.3, 0.4) is 0 Å². The van der Waals surface area contributed by atoms with Crippen molar-refractivity contribution in [1.82, 2.24) is 4.72 Å². The molecule has 0 saturated heterocycles. The summed E-state index contributed by atoms with van der Waals surface area (Å²) in [6.07, 6.45) is 0. The van der Waals surface area contributed by atoms with Crippen molar-refractivity contribution in [3.63, 3.8) is 0 Å². The van der Waals surface area contributed by atoms with Crippen LogP contribution in [0, 0.1) is 0 Å². The van der Waals surface area contributed by atoms with E-state index in [-0.39, 0.29) is 11.5 Å². The second-order valence-electron chi connectivity index (χ2n) is 4.20. The molecule has 0 bridgehead atoms. The summed E-state index contributed by atoms with van der Waals surface area (Å²) in [7, 11) is -3.71. The van der Waals surface area contributed by atoms with Crippen LogP contribution in [-0.2, 0) is 10.0 Å². The van der Waals surface area contributed by atoms with Gasteiger partial charge in [-0.2, -0.15) is 0 Å². The molecule has 0 radical (unpaired) electrons. The van der Waals surface area contributed by atoms with Crippen molar-refractivity contribution in [3.8, 4) is 0 Å². The van der Waals surface area contributed by atoms with Crippen molar-refractivity contribution in [2.24, 2.45) is 0 Å². The van der Waals surface area contributed by atoms with Gasteiger partial charge in [-0.3, -0.25) is 0 Å². The van der Waals surface area contributed by atoms with Crippen molar-refractivity contribution in [2.45, 2.75) is 10.9 Å². The highest BCUT2D eigenvalue weighted by Gasteiger charge is 2.22. The maximum Gasteiger partial charge on any atom is 0.242 e. The number of halogens is 1. The van der Waals surface area contributed by atoms with E-state index in [0.717, 1.165) is 0 Å². The van der Waals surface area contributed by atoms with Gasteiger partial charge in [0.1, 0.15) is 0 Å². The van der Waals surface area contributed by atoms with Crippen molar-refractivity contribution in [1.29, 1.82) is 0 Å². The predicted molar refractivity (Wildman–Crippen MR) is 80.7 cm³/mol. The number of rotatable bonds is 5. The van der Waals surface area contributed by atoms with Gasteiger partial charge in [-0.05, 0) is 33.6 Å². The van der Waals surface area contributed by atoms with E-state index in [1.807, 2.05) is 6.07 Å². The van der Waals surface area contributed by atoms with Gasteiger partial charge in [0, 0.05) is 4.47 Å². The summed E-state index contributed by atoms with van der Waals surface area (Å²) in [6, 6.07) is 14.8. The molecule has 4 nitrogen and oxygen atoms in total. The second kappa shape index (κ2) is 6.49. The largest absolute Gasteiger partial charge is 0.394 e. The standard InChI is InChI=1S/C14H14BrNO3S/c15-12-8-4-5-9-14(12)20(18,19)16-13(10-17)11-6-2-1-3-7-11/h1-9,13,16-17H,10H2. The first-order valence-electron chi connectivity index (χ1n) is 5.97. The highest BCUT2D eigenvalue weighted by Crippen LogP contribution is 2.23. The number of benzene rings is 2. The van der Waals surface area contributed by atoms with Crippen LogP contribution < -0.4 is 4.72 Å². The fourth-order valence-corrected chi connectivity index (χ4v) is 4.03. The Kier molecular flexibility index (Phi) is 4.93. The van der Waals surface area contributed by atoms with Crippen LogP contribution in [-0.4, -0.2) is 20.1 Å². The van der Waals surface area contributed by atoms with Gasteiger partial charge in [-0.1, -0.05) is 42.5 Å². The number of aliphatic hydroxyl groups excluding tert-OH is 1. The predicted octanol–water partition coefficient (Wildman–Crippen LogP) is 2.46. The first-order chi connectivity index (χ1) is 9.54. The molecule has 0 spiro atoms. The molecule has 1 atom stereocenters. The van der Waals surface area contributed by atoms with Crippen molar-refractivity contribution in [3.05, 3.63) is 64.6 Å². The van der Waals surface area contributed by atoms with Gasteiger partial charge in [0.25, 0.3) is 0 Å². The van der Waals surface area contributed by atoms with E-state index >= 15 is 0 Å². The lowest BCUT2D eigenvalue weighted by molar-refractivity contribution is 0.259. The Bertz CT molecular complexity index is 674. The van der Waals surface area contributed by atoms with Crippen LogP contribution in [0.1, 0.15) is 11.6 Å². The highest BCUT2D eigenvalue weighted by molar-refractivity contribution is 9.10. The molecule has 0 amide bonds. The summed E-state index contributed by atoms with van der Waals surface area (Å²) in [5.41, 5.74) is 0.714. The Morgan fingerprint density at radius 1 is 1.05 bits per heavy atom. The number of hydrogen-bond donors (Lipinski definition) is 2. The fraction of sp³-hybridized carbons (Fsp3) is 0.143. The van der Waals surface area contributed by atoms with Crippen LogP contribution in [0.15, 0.2) is 64.0 Å². The Hall–Kier alpha value is -1.21. The third-order valence-electron chi connectivity index (χ3n) is 2.81. The SMILES string of the molecule is O=S(=O)(NC(CO)c1ccccc1)c1ccccc1Br. The smallest absolute Gasteiger partial charge is 0.242 e. The summed E-state index contributed by atoms with van der Waals surface area (Å²) >= 11 is 3.22. The second-order valence-corrected chi connectivity index (χ2v) is 6.73. The Morgan fingerprint density at radius 2 is 1.65 bits per heavy atom. The lowest BCUT2D eigenvalue weighted by Crippen LogP contribution is -2.31. The number of sulfonamides is 1. The third kappa shape index (κ3) is 3.46. The first-order valence-corrected chi connectivity index (χ1v) is 8.25. The number of hydrogen-bond acceptors (Lipinski definition) is 3. The van der Waals surface area contributed by atoms with Crippen LogP contribution in [0.5, 0.6) is 0 Å². The topological polar surface area (TPSA) is 66.4 Å². The average Bonchev–Trinajstić information content (AvgIpc) is 2.46. The van der Waals surface area contributed by atoms with E-state index in [1.165, 1.54) is 6.07 Å². The molecule has 6 heteroatoms. The molecule has 20 heavy (non-hydrogen) atoms. The van der Waals surface area contributed by atoms with Gasteiger partial charge in [0.05, 0.1) is 17.5 Å². The molecule has 2 N–H and O–H groups in total. The molecule has 0 saturated carbocycles. The van der Waals surface area contributed by atoms with Crippen LogP contribution in [0.2, 0.25) is 0 Å². The fourth-order valence-electron chi connectivity index (χ4n) is 1.81. The van der Waals surface area contributed by atoms with Gasteiger partial charge < -0.3 is 5.11 Å². The monoisotopic (exact) mass is 355 g/mol. The maximum absolute atomic E-state index is 12.3. The highest BCUT2D eigenvalue weighted by atomic mass is 79.9. The average molecular weight is 356 g/mol. The molecule has 2 aromatic rings. The Morgan fingerprint density at radius 3 is 2.25 bits per heavy atom. The van der Waals surface area contributed by atoms with Gasteiger partial charge >= 0.3 is 0 Å². The van der Waals surface area contributed by atoms with Crippen molar-refractivity contribution >= 4 is 26.0 Å². The van der Waals surface area contributed by atoms with E-state index in [4.69, 9.17) is 0 Å². The minimum Gasteiger partial charge on any atom is -0.394 e. The molecule has 106 valence electrons. The van der Waals surface area contributed by atoms with Crippen LogP contribution >= 0.6 is 15.9 Å². The molecule has 0 aromatic heterocycles.